The fourth-order valence-corrected chi connectivity index (χ4v) is 3.41. The van der Waals surface area contributed by atoms with Gasteiger partial charge in [-0.2, -0.15) is 5.10 Å². The van der Waals surface area contributed by atoms with Crippen molar-refractivity contribution < 1.29 is 14.3 Å². The molecule has 3 N–H and O–H groups in total. The molecule has 1 saturated carbocycles. The van der Waals surface area contributed by atoms with Crippen LogP contribution in [0.15, 0.2) is 18.3 Å². The Labute approximate surface area is 153 Å². The number of carbonyl (C=O) groups is 1. The number of amides is 1. The van der Waals surface area contributed by atoms with Crippen LogP contribution in [0.5, 0.6) is 5.75 Å². The molecule has 7 nitrogen and oxygen atoms in total. The second kappa shape index (κ2) is 7.05. The van der Waals surface area contributed by atoms with Crippen molar-refractivity contribution in [3.8, 4) is 5.75 Å². The number of fused-ring (bicyclic) bond motifs is 1. The summed E-state index contributed by atoms with van der Waals surface area (Å²) in [6.07, 6.45) is 5.44. The topological polar surface area (TPSA) is 91.4 Å². The fraction of sp³-hybridized carbons (Fsp3) is 0.579. The molecule has 2 aromatic rings. The molecular formula is C19H28N4O3. The summed E-state index contributed by atoms with van der Waals surface area (Å²) in [5.41, 5.74) is 7.00. The van der Waals surface area contributed by atoms with E-state index in [2.05, 4.69) is 10.4 Å². The Balaban J connectivity index is 1.61. The number of aromatic nitrogens is 2. The lowest BCUT2D eigenvalue weighted by Gasteiger charge is -2.30. The van der Waals surface area contributed by atoms with E-state index in [1.807, 2.05) is 43.8 Å². The first-order chi connectivity index (χ1) is 12.2. The number of methoxy groups -OCH3 is 1. The first kappa shape index (κ1) is 18.4. The minimum Gasteiger partial charge on any atom is -0.495 e. The molecule has 0 bridgehead atoms. The molecule has 1 aromatic heterocycles. The van der Waals surface area contributed by atoms with Crippen molar-refractivity contribution in [3.05, 3.63) is 18.3 Å². The van der Waals surface area contributed by atoms with E-state index in [0.29, 0.717) is 17.5 Å². The third-order valence-electron chi connectivity index (χ3n) is 4.67. The van der Waals surface area contributed by atoms with Crippen molar-refractivity contribution in [2.24, 2.45) is 0 Å². The van der Waals surface area contributed by atoms with Crippen LogP contribution in [-0.2, 0) is 4.74 Å². The number of carbonyl (C=O) groups excluding carboxylic acids is 1. The maximum Gasteiger partial charge on any atom is 0.407 e. The van der Waals surface area contributed by atoms with E-state index >= 15 is 0 Å². The Hall–Kier alpha value is -2.44. The van der Waals surface area contributed by atoms with Gasteiger partial charge < -0.3 is 20.5 Å². The van der Waals surface area contributed by atoms with Crippen LogP contribution in [0, 0.1) is 0 Å². The standard InChI is InChI=1S/C19H28N4O3/c1-19(2,3)26-18(24)21-13-5-7-14(8-6-13)23-11-12-9-15(20)17(25-4)10-16(12)22-23/h9-11,13-14H,5-8,20H2,1-4H3,(H,21,24)/t13-,14-. The van der Waals surface area contributed by atoms with Crippen molar-refractivity contribution in [2.45, 2.75) is 64.1 Å². The fourth-order valence-electron chi connectivity index (χ4n) is 3.41. The number of benzene rings is 1. The molecule has 1 aromatic carbocycles. The summed E-state index contributed by atoms with van der Waals surface area (Å²) in [6, 6.07) is 4.25. The Morgan fingerprint density at radius 2 is 1.96 bits per heavy atom. The number of anilines is 1. The minimum atomic E-state index is -0.473. The molecule has 0 saturated heterocycles. The molecule has 1 aliphatic rings. The van der Waals surface area contributed by atoms with Gasteiger partial charge in [0, 0.05) is 23.7 Å². The SMILES string of the molecule is COc1cc2nn([C@H]3CC[C@H](NC(=O)OC(C)(C)C)CC3)cc2cc1N. The Bertz CT molecular complexity index is 786. The van der Waals surface area contributed by atoms with Crippen molar-refractivity contribution >= 4 is 22.7 Å². The molecule has 7 heteroatoms. The summed E-state index contributed by atoms with van der Waals surface area (Å²) in [5, 5.41) is 8.67. The van der Waals surface area contributed by atoms with Gasteiger partial charge in [0.25, 0.3) is 0 Å². The number of ether oxygens (including phenoxy) is 2. The van der Waals surface area contributed by atoms with Gasteiger partial charge in [-0.05, 0) is 52.5 Å². The molecule has 1 heterocycles. The number of nitrogens with zero attached hydrogens (tertiary/aromatic N) is 2. The van der Waals surface area contributed by atoms with E-state index in [-0.39, 0.29) is 12.1 Å². The summed E-state index contributed by atoms with van der Waals surface area (Å²) in [4.78, 5) is 11.9. The number of nitrogens with two attached hydrogens (primary N) is 1. The highest BCUT2D eigenvalue weighted by Crippen LogP contribution is 2.32. The molecule has 26 heavy (non-hydrogen) atoms. The highest BCUT2D eigenvalue weighted by Gasteiger charge is 2.26. The summed E-state index contributed by atoms with van der Waals surface area (Å²) in [5.74, 6) is 0.646. The lowest BCUT2D eigenvalue weighted by Crippen LogP contribution is -2.41. The zero-order valence-electron chi connectivity index (χ0n) is 15.9. The van der Waals surface area contributed by atoms with Gasteiger partial charge in [-0.3, -0.25) is 4.68 Å². The van der Waals surface area contributed by atoms with Crippen LogP contribution in [0.1, 0.15) is 52.5 Å². The summed E-state index contributed by atoms with van der Waals surface area (Å²) < 4.78 is 12.6. The van der Waals surface area contributed by atoms with Gasteiger partial charge in [-0.25, -0.2) is 4.79 Å². The van der Waals surface area contributed by atoms with Gasteiger partial charge in [-0.15, -0.1) is 0 Å². The maximum atomic E-state index is 11.9. The summed E-state index contributed by atoms with van der Waals surface area (Å²) in [7, 11) is 1.60. The molecule has 0 atom stereocenters. The van der Waals surface area contributed by atoms with E-state index in [1.165, 1.54) is 0 Å². The van der Waals surface area contributed by atoms with Crippen LogP contribution < -0.4 is 15.8 Å². The van der Waals surface area contributed by atoms with E-state index in [4.69, 9.17) is 15.2 Å². The second-order valence-corrected chi connectivity index (χ2v) is 7.91. The lowest BCUT2D eigenvalue weighted by atomic mass is 9.91. The average Bonchev–Trinajstić information content (AvgIpc) is 2.95. The van der Waals surface area contributed by atoms with Crippen LogP contribution in [-0.4, -0.2) is 34.6 Å². The second-order valence-electron chi connectivity index (χ2n) is 7.91. The molecule has 0 spiro atoms. The van der Waals surface area contributed by atoms with E-state index < -0.39 is 5.60 Å². The zero-order valence-corrected chi connectivity index (χ0v) is 15.9. The molecule has 0 aliphatic heterocycles. The van der Waals surface area contributed by atoms with Gasteiger partial charge in [0.05, 0.1) is 24.4 Å². The number of hydrogen-bond donors (Lipinski definition) is 2. The van der Waals surface area contributed by atoms with Gasteiger partial charge in [0.2, 0.25) is 0 Å². The smallest absolute Gasteiger partial charge is 0.407 e. The predicted octanol–water partition coefficient (Wildman–Crippen LogP) is 3.64. The zero-order chi connectivity index (χ0) is 18.9. The van der Waals surface area contributed by atoms with Crippen molar-refractivity contribution in [1.82, 2.24) is 15.1 Å². The van der Waals surface area contributed by atoms with Crippen LogP contribution >= 0.6 is 0 Å². The monoisotopic (exact) mass is 360 g/mol. The number of rotatable bonds is 3. The van der Waals surface area contributed by atoms with Gasteiger partial charge >= 0.3 is 6.09 Å². The normalized spacial score (nSPS) is 20.8. The van der Waals surface area contributed by atoms with Gasteiger partial charge in [0.15, 0.2) is 0 Å². The van der Waals surface area contributed by atoms with Crippen LogP contribution in [0.2, 0.25) is 0 Å². The van der Waals surface area contributed by atoms with Crippen molar-refractivity contribution in [3.63, 3.8) is 0 Å². The summed E-state index contributed by atoms with van der Waals surface area (Å²) in [6.45, 7) is 5.61. The highest BCUT2D eigenvalue weighted by molar-refractivity contribution is 5.84. The van der Waals surface area contributed by atoms with Crippen molar-refractivity contribution in [1.29, 1.82) is 0 Å². The minimum absolute atomic E-state index is 0.154. The third-order valence-corrected chi connectivity index (χ3v) is 4.67. The van der Waals surface area contributed by atoms with Gasteiger partial charge in [-0.1, -0.05) is 0 Å². The highest BCUT2D eigenvalue weighted by atomic mass is 16.6. The van der Waals surface area contributed by atoms with Gasteiger partial charge in [0.1, 0.15) is 11.4 Å². The van der Waals surface area contributed by atoms with E-state index in [9.17, 15) is 4.79 Å². The third kappa shape index (κ3) is 4.20. The first-order valence-electron chi connectivity index (χ1n) is 9.07. The quantitative estimate of drug-likeness (QED) is 0.816. The molecule has 0 unspecified atom stereocenters. The van der Waals surface area contributed by atoms with Crippen molar-refractivity contribution in [2.75, 3.05) is 12.8 Å². The Morgan fingerprint density at radius 1 is 1.27 bits per heavy atom. The first-order valence-corrected chi connectivity index (χ1v) is 9.07. The molecule has 1 aliphatic carbocycles. The molecular weight excluding hydrogens is 332 g/mol. The predicted molar refractivity (Wildman–Crippen MR) is 101 cm³/mol. The number of alkyl carbamates (subject to hydrolysis) is 1. The van der Waals surface area contributed by atoms with Crippen LogP contribution in [0.25, 0.3) is 10.9 Å². The maximum absolute atomic E-state index is 11.9. The average molecular weight is 360 g/mol. The van der Waals surface area contributed by atoms with Crippen LogP contribution in [0.3, 0.4) is 0 Å². The Morgan fingerprint density at radius 3 is 2.58 bits per heavy atom. The molecule has 0 radical (unpaired) electrons. The molecule has 3 rings (SSSR count). The molecule has 1 amide bonds. The van der Waals surface area contributed by atoms with E-state index in [1.54, 1.807) is 7.11 Å². The summed E-state index contributed by atoms with van der Waals surface area (Å²) >= 11 is 0. The number of nitrogen functional groups attached to an aromatic ring is 1. The molecule has 142 valence electrons. The Kier molecular flexibility index (Phi) is 4.98. The largest absolute Gasteiger partial charge is 0.495 e. The van der Waals surface area contributed by atoms with Crippen LogP contribution in [0.4, 0.5) is 10.5 Å². The van der Waals surface area contributed by atoms with E-state index in [0.717, 1.165) is 36.6 Å². The number of hydrogen-bond acceptors (Lipinski definition) is 5. The molecule has 1 fully saturated rings. The number of nitrogens with one attached hydrogen (secondary N) is 1. The lowest BCUT2D eigenvalue weighted by molar-refractivity contribution is 0.0487.